The minimum absolute atomic E-state index is 0. The summed E-state index contributed by atoms with van der Waals surface area (Å²) in [5.41, 5.74) is 0. The Morgan fingerprint density at radius 3 is 0.966 bits per heavy atom. The Morgan fingerprint density at radius 2 is 0.724 bits per heavy atom. The fraction of sp³-hybridized carbons (Fsp3) is 0.308. The van der Waals surface area contributed by atoms with Crippen LogP contribution < -0.4 is 108 Å². The van der Waals surface area contributed by atoms with Gasteiger partial charge in [0, 0.05) is 0 Å². The van der Waals surface area contributed by atoms with E-state index in [-0.39, 0.29) is 103 Å². The fourth-order valence-corrected chi connectivity index (χ4v) is 7.87. The number of benzene rings is 2. The zero-order chi connectivity index (χ0) is 20.2. The molecule has 0 spiro atoms. The molecule has 0 unspecified atom stereocenters. The minimum atomic E-state index is -0.553. The van der Waals surface area contributed by atoms with Gasteiger partial charge in [-0.1, -0.05) is 108 Å². The predicted molar refractivity (Wildman–Crippen MR) is 124 cm³/mol. The SMILES string of the molecule is CC(C)(C)[Si-](c1ccccc1)C(C)(C)C.[CH-]1[CH-][CH-][CH-][CH-][CH-]1.[K+].[K+].c1ccccc1. The van der Waals surface area contributed by atoms with Crippen LogP contribution in [0.2, 0.25) is 10.1 Å². The first kappa shape index (κ1) is 33.1. The van der Waals surface area contributed by atoms with Crippen molar-refractivity contribution in [1.29, 1.82) is 0 Å². The van der Waals surface area contributed by atoms with Crippen LogP contribution in [0.25, 0.3) is 0 Å². The molecule has 1 aliphatic carbocycles. The molecule has 0 aromatic heterocycles. The van der Waals surface area contributed by atoms with Crippen LogP contribution in [0.5, 0.6) is 0 Å². The van der Waals surface area contributed by atoms with Gasteiger partial charge in [-0.3, -0.25) is 8.80 Å². The molecule has 150 valence electrons. The first-order valence-corrected chi connectivity index (χ1v) is 11.2. The van der Waals surface area contributed by atoms with E-state index in [0.29, 0.717) is 10.1 Å². The van der Waals surface area contributed by atoms with Crippen LogP contribution >= 0.6 is 0 Å². The maximum atomic E-state index is 2.37. The van der Waals surface area contributed by atoms with Crippen molar-refractivity contribution in [1.82, 2.24) is 0 Å². The smallest absolute Gasteiger partial charge is 0.726 e. The number of hydrogen-bond acceptors (Lipinski definition) is 0. The molecular weight excluding hydrogens is 419 g/mol. The van der Waals surface area contributed by atoms with Gasteiger partial charge in [0.25, 0.3) is 0 Å². The molecule has 0 aliphatic heterocycles. The molecule has 1 fully saturated rings. The van der Waals surface area contributed by atoms with Gasteiger partial charge in [0.2, 0.25) is 0 Å². The quantitative estimate of drug-likeness (QED) is 0.445. The molecule has 0 bridgehead atoms. The summed E-state index contributed by atoms with van der Waals surface area (Å²) in [6, 6.07) is 23.0. The Kier molecular flexibility index (Phi) is 21.0. The third-order valence-corrected chi connectivity index (χ3v) is 7.81. The molecular formula is C26H35K2Si-5. The van der Waals surface area contributed by atoms with Gasteiger partial charge in [0.15, 0.2) is 0 Å². The van der Waals surface area contributed by atoms with Gasteiger partial charge in [0.1, 0.15) is 0 Å². The Balaban J connectivity index is 0. The van der Waals surface area contributed by atoms with Crippen molar-refractivity contribution >= 4 is 14.0 Å². The van der Waals surface area contributed by atoms with Gasteiger partial charge in [0.05, 0.1) is 0 Å². The third-order valence-electron chi connectivity index (χ3n) is 3.90. The molecule has 0 heterocycles. The van der Waals surface area contributed by atoms with Gasteiger partial charge in [-0.15, -0.1) is 0 Å². The second kappa shape index (κ2) is 18.4. The van der Waals surface area contributed by atoms with Gasteiger partial charge in [-0.2, -0.15) is 15.3 Å². The van der Waals surface area contributed by atoms with E-state index in [2.05, 4.69) is 71.9 Å². The summed E-state index contributed by atoms with van der Waals surface area (Å²) in [7, 11) is -0.553. The second-order valence-electron chi connectivity index (χ2n) is 8.55. The molecule has 3 rings (SSSR count). The summed E-state index contributed by atoms with van der Waals surface area (Å²) >= 11 is 0. The maximum absolute atomic E-state index is 2.37. The van der Waals surface area contributed by atoms with Gasteiger partial charge < -0.3 is 38.5 Å². The molecule has 0 atom stereocenters. The van der Waals surface area contributed by atoms with Crippen LogP contribution in [0.3, 0.4) is 0 Å². The van der Waals surface area contributed by atoms with Gasteiger partial charge >= 0.3 is 103 Å². The topological polar surface area (TPSA) is 0 Å². The van der Waals surface area contributed by atoms with E-state index in [9.17, 15) is 0 Å². The maximum Gasteiger partial charge on any atom is 1.00 e. The Hall–Kier alpha value is 1.93. The van der Waals surface area contributed by atoms with Gasteiger partial charge in [-0.25, -0.2) is 0 Å². The predicted octanol–water partition coefficient (Wildman–Crippen LogP) is 0.909. The summed E-state index contributed by atoms with van der Waals surface area (Å²) in [6.07, 6.45) is 12.0. The normalized spacial score (nSPS) is 13.2. The Labute approximate surface area is 268 Å². The monoisotopic (exact) mass is 453 g/mol. The largest absolute Gasteiger partial charge is 1.00 e. The molecule has 3 heteroatoms. The van der Waals surface area contributed by atoms with E-state index in [1.165, 1.54) is 0 Å². The molecule has 0 nitrogen and oxygen atoms in total. The van der Waals surface area contributed by atoms with Crippen LogP contribution in [0, 0.1) is 38.5 Å². The Morgan fingerprint density at radius 1 is 0.483 bits per heavy atom. The van der Waals surface area contributed by atoms with E-state index in [0.717, 1.165) is 0 Å². The molecule has 0 amide bonds. The molecule has 2 aromatic carbocycles. The first-order chi connectivity index (χ1) is 12.7. The van der Waals surface area contributed by atoms with Crippen LogP contribution in [0.4, 0.5) is 0 Å². The summed E-state index contributed by atoms with van der Waals surface area (Å²) in [5, 5.41) is 2.37. The van der Waals surface area contributed by atoms with Crippen molar-refractivity contribution in [2.24, 2.45) is 0 Å². The van der Waals surface area contributed by atoms with E-state index in [4.69, 9.17) is 0 Å². The molecule has 0 N–H and O–H groups in total. The van der Waals surface area contributed by atoms with E-state index in [1.54, 1.807) is 5.19 Å². The van der Waals surface area contributed by atoms with Crippen LogP contribution in [0.15, 0.2) is 66.7 Å². The van der Waals surface area contributed by atoms with Gasteiger partial charge in [-0.05, 0) is 0 Å². The molecule has 0 radical (unpaired) electrons. The molecule has 29 heavy (non-hydrogen) atoms. The number of hydrogen-bond donors (Lipinski definition) is 0. The Bertz CT molecular complexity index is 529. The first-order valence-electron chi connectivity index (χ1n) is 9.66. The summed E-state index contributed by atoms with van der Waals surface area (Å²) in [6.45, 7) is 14.2. The van der Waals surface area contributed by atoms with Crippen molar-refractivity contribution in [3.63, 3.8) is 0 Å². The van der Waals surface area contributed by atoms with E-state index >= 15 is 0 Å². The average Bonchev–Trinajstić information content (AvgIpc) is 2.64. The molecule has 1 aliphatic rings. The van der Waals surface area contributed by atoms with Crippen molar-refractivity contribution < 1.29 is 103 Å². The molecule has 1 saturated carbocycles. The van der Waals surface area contributed by atoms with Crippen molar-refractivity contribution in [3.05, 3.63) is 105 Å². The third kappa shape index (κ3) is 16.2. The van der Waals surface area contributed by atoms with Crippen molar-refractivity contribution in [3.8, 4) is 0 Å². The summed E-state index contributed by atoms with van der Waals surface area (Å²) in [5.74, 6) is 0. The summed E-state index contributed by atoms with van der Waals surface area (Å²) < 4.78 is 0. The number of rotatable bonds is 1. The standard InChI is InChI=1S/C14H23Si.2C6H6.2K/c1-13(2,3)15(14(4,5)6)12-10-8-7-9-11-12;2*1-2-4-6-5-3-1;;/h7-11H,1-6H3;2*1-6H;;/q-1;;-6;2*+1. The zero-order valence-corrected chi connectivity index (χ0v) is 27.1. The van der Waals surface area contributed by atoms with Crippen molar-refractivity contribution in [2.75, 3.05) is 0 Å². The van der Waals surface area contributed by atoms with Crippen LogP contribution in [-0.2, 0) is 0 Å². The van der Waals surface area contributed by atoms with E-state index < -0.39 is 8.80 Å². The minimum Gasteiger partial charge on any atom is -0.726 e. The second-order valence-corrected chi connectivity index (χ2v) is 12.9. The van der Waals surface area contributed by atoms with Crippen molar-refractivity contribution in [2.45, 2.75) is 51.6 Å². The summed E-state index contributed by atoms with van der Waals surface area (Å²) in [4.78, 5) is 0. The molecule has 0 saturated heterocycles. The molecule has 2 aromatic rings. The van der Waals surface area contributed by atoms with E-state index in [1.807, 2.05) is 74.9 Å². The zero-order valence-electron chi connectivity index (χ0n) is 19.8. The fourth-order valence-electron chi connectivity index (χ4n) is 3.37. The average molecular weight is 454 g/mol. The van der Waals surface area contributed by atoms with Crippen LogP contribution in [0.1, 0.15) is 41.5 Å². The van der Waals surface area contributed by atoms with Crippen LogP contribution in [-0.4, -0.2) is 8.80 Å².